The third-order valence-electron chi connectivity index (χ3n) is 4.13. The molecular weight excluding hydrogens is 282 g/mol. The van der Waals surface area contributed by atoms with Gasteiger partial charge in [0.25, 0.3) is 11.8 Å². The zero-order chi connectivity index (χ0) is 15.5. The largest absolute Gasteiger partial charge is 0.478 e. The first-order valence-corrected chi connectivity index (χ1v) is 7.74. The lowest BCUT2D eigenvalue weighted by atomic mass is 9.99. The number of fused-ring (bicyclic) bond motifs is 1. The predicted octanol–water partition coefficient (Wildman–Crippen LogP) is 1.14. The summed E-state index contributed by atoms with van der Waals surface area (Å²) >= 11 is 0. The minimum Gasteiger partial charge on any atom is -0.478 e. The SMILES string of the molecule is CC1Oc2c(cccc2C(=O)NCC2CCCNC2)NC1=O. The molecule has 2 atom stereocenters. The van der Waals surface area contributed by atoms with Crippen LogP contribution >= 0.6 is 0 Å². The Morgan fingerprint density at radius 3 is 3.09 bits per heavy atom. The van der Waals surface area contributed by atoms with E-state index in [0.29, 0.717) is 29.5 Å². The van der Waals surface area contributed by atoms with E-state index in [4.69, 9.17) is 4.74 Å². The van der Waals surface area contributed by atoms with E-state index < -0.39 is 6.10 Å². The maximum Gasteiger partial charge on any atom is 0.265 e. The maximum atomic E-state index is 12.4. The fraction of sp³-hybridized carbons (Fsp3) is 0.500. The Bertz CT molecular complexity index is 582. The number of rotatable bonds is 3. The molecule has 1 aromatic carbocycles. The van der Waals surface area contributed by atoms with Crippen LogP contribution in [0.4, 0.5) is 5.69 Å². The van der Waals surface area contributed by atoms with Gasteiger partial charge in [-0.25, -0.2) is 0 Å². The van der Waals surface area contributed by atoms with Crippen molar-refractivity contribution in [2.45, 2.75) is 25.9 Å². The van der Waals surface area contributed by atoms with Gasteiger partial charge < -0.3 is 20.7 Å². The first-order chi connectivity index (χ1) is 10.6. The molecule has 0 spiro atoms. The van der Waals surface area contributed by atoms with Gasteiger partial charge in [0.05, 0.1) is 11.3 Å². The summed E-state index contributed by atoms with van der Waals surface area (Å²) in [5.74, 6) is 0.565. The Morgan fingerprint density at radius 2 is 2.32 bits per heavy atom. The van der Waals surface area contributed by atoms with E-state index in [-0.39, 0.29) is 11.8 Å². The van der Waals surface area contributed by atoms with Gasteiger partial charge in [0, 0.05) is 6.54 Å². The van der Waals surface area contributed by atoms with Crippen molar-refractivity contribution in [3.63, 3.8) is 0 Å². The van der Waals surface area contributed by atoms with Gasteiger partial charge in [-0.05, 0) is 50.9 Å². The lowest BCUT2D eigenvalue weighted by Crippen LogP contribution is -2.39. The van der Waals surface area contributed by atoms with Crippen molar-refractivity contribution in [2.75, 3.05) is 25.0 Å². The molecule has 0 aromatic heterocycles. The highest BCUT2D eigenvalue weighted by atomic mass is 16.5. The van der Waals surface area contributed by atoms with Crippen LogP contribution in [0, 0.1) is 5.92 Å². The Labute approximate surface area is 129 Å². The van der Waals surface area contributed by atoms with Crippen molar-refractivity contribution in [2.24, 2.45) is 5.92 Å². The third-order valence-corrected chi connectivity index (χ3v) is 4.13. The number of hydrogen-bond donors (Lipinski definition) is 3. The molecule has 3 N–H and O–H groups in total. The van der Waals surface area contributed by atoms with Crippen molar-refractivity contribution < 1.29 is 14.3 Å². The highest BCUT2D eigenvalue weighted by Gasteiger charge is 2.27. The Hall–Kier alpha value is -2.08. The number of amides is 2. The second-order valence-corrected chi connectivity index (χ2v) is 5.85. The maximum absolute atomic E-state index is 12.4. The number of carbonyl (C=O) groups is 2. The Balaban J connectivity index is 1.70. The molecule has 1 fully saturated rings. The predicted molar refractivity (Wildman–Crippen MR) is 83.1 cm³/mol. The molecule has 6 nitrogen and oxygen atoms in total. The van der Waals surface area contributed by atoms with Crippen molar-refractivity contribution in [3.05, 3.63) is 23.8 Å². The second kappa shape index (κ2) is 6.36. The average Bonchev–Trinajstić information content (AvgIpc) is 2.54. The van der Waals surface area contributed by atoms with Gasteiger partial charge in [0.15, 0.2) is 11.9 Å². The normalized spacial score (nSPS) is 24.0. The van der Waals surface area contributed by atoms with E-state index in [1.807, 2.05) is 0 Å². The fourth-order valence-electron chi connectivity index (χ4n) is 2.84. The van der Waals surface area contributed by atoms with Crippen LogP contribution in [-0.4, -0.2) is 37.6 Å². The zero-order valence-corrected chi connectivity index (χ0v) is 12.6. The molecule has 1 aromatic rings. The van der Waals surface area contributed by atoms with Crippen LogP contribution in [0.3, 0.4) is 0 Å². The number of anilines is 1. The number of hydrogen-bond acceptors (Lipinski definition) is 4. The van der Waals surface area contributed by atoms with Gasteiger partial charge in [-0.2, -0.15) is 0 Å². The van der Waals surface area contributed by atoms with Gasteiger partial charge in [-0.15, -0.1) is 0 Å². The standard InChI is InChI=1S/C16H21N3O3/c1-10-15(20)19-13-6-2-5-12(14(13)22-10)16(21)18-9-11-4-3-7-17-8-11/h2,5-6,10-11,17H,3-4,7-9H2,1H3,(H,18,21)(H,19,20). The molecule has 6 heteroatoms. The lowest BCUT2D eigenvalue weighted by molar-refractivity contribution is -0.122. The molecule has 2 unspecified atom stereocenters. The number of carbonyl (C=O) groups excluding carboxylic acids is 2. The summed E-state index contributed by atoms with van der Waals surface area (Å²) in [5.41, 5.74) is 1.02. The molecule has 3 rings (SSSR count). The smallest absolute Gasteiger partial charge is 0.265 e. The summed E-state index contributed by atoms with van der Waals surface area (Å²) in [6, 6.07) is 5.20. The molecule has 118 valence electrons. The van der Waals surface area contributed by atoms with Gasteiger partial charge in [0.1, 0.15) is 0 Å². The average molecular weight is 303 g/mol. The van der Waals surface area contributed by atoms with Crippen molar-refractivity contribution in [1.29, 1.82) is 0 Å². The quantitative estimate of drug-likeness (QED) is 0.782. The Kier molecular flexibility index (Phi) is 4.29. The van der Waals surface area contributed by atoms with E-state index in [0.717, 1.165) is 25.9 Å². The van der Waals surface area contributed by atoms with E-state index in [9.17, 15) is 9.59 Å². The van der Waals surface area contributed by atoms with E-state index in [1.165, 1.54) is 0 Å². The molecule has 2 amide bonds. The molecule has 2 aliphatic heterocycles. The molecule has 0 radical (unpaired) electrons. The summed E-state index contributed by atoms with van der Waals surface area (Å²) in [4.78, 5) is 24.0. The van der Waals surface area contributed by atoms with Crippen LogP contribution in [0.15, 0.2) is 18.2 Å². The van der Waals surface area contributed by atoms with E-state index in [1.54, 1.807) is 25.1 Å². The highest BCUT2D eigenvalue weighted by molar-refractivity contribution is 6.03. The van der Waals surface area contributed by atoms with Crippen LogP contribution in [0.2, 0.25) is 0 Å². The number of nitrogens with one attached hydrogen (secondary N) is 3. The molecule has 0 saturated carbocycles. The van der Waals surface area contributed by atoms with Gasteiger partial charge in [-0.1, -0.05) is 6.07 Å². The van der Waals surface area contributed by atoms with Crippen LogP contribution in [0.1, 0.15) is 30.1 Å². The van der Waals surface area contributed by atoms with E-state index in [2.05, 4.69) is 16.0 Å². The monoisotopic (exact) mass is 303 g/mol. The molecular formula is C16H21N3O3. The second-order valence-electron chi connectivity index (χ2n) is 5.85. The summed E-state index contributed by atoms with van der Waals surface area (Å²) in [6.07, 6.45) is 1.68. The first kappa shape index (κ1) is 14.8. The van der Waals surface area contributed by atoms with E-state index >= 15 is 0 Å². The lowest BCUT2D eigenvalue weighted by Gasteiger charge is -2.26. The van der Waals surface area contributed by atoms with Gasteiger partial charge in [-0.3, -0.25) is 9.59 Å². The summed E-state index contributed by atoms with van der Waals surface area (Å²) < 4.78 is 5.60. The van der Waals surface area contributed by atoms with Crippen LogP contribution in [0.25, 0.3) is 0 Å². The third kappa shape index (κ3) is 3.06. The number of piperidine rings is 1. The van der Waals surface area contributed by atoms with Crippen molar-refractivity contribution >= 4 is 17.5 Å². The van der Waals surface area contributed by atoms with Gasteiger partial charge in [0.2, 0.25) is 0 Å². The molecule has 22 heavy (non-hydrogen) atoms. The summed E-state index contributed by atoms with van der Waals surface area (Å²) in [6.45, 7) is 4.32. The van der Waals surface area contributed by atoms with Crippen LogP contribution < -0.4 is 20.7 Å². The van der Waals surface area contributed by atoms with Crippen molar-refractivity contribution in [3.8, 4) is 5.75 Å². The zero-order valence-electron chi connectivity index (χ0n) is 12.6. The fourth-order valence-corrected chi connectivity index (χ4v) is 2.84. The summed E-state index contributed by atoms with van der Waals surface area (Å²) in [7, 11) is 0. The van der Waals surface area contributed by atoms with Crippen LogP contribution in [0.5, 0.6) is 5.75 Å². The minimum atomic E-state index is -0.594. The Morgan fingerprint density at radius 1 is 1.45 bits per heavy atom. The number of benzene rings is 1. The number of ether oxygens (including phenoxy) is 1. The summed E-state index contributed by atoms with van der Waals surface area (Å²) in [5, 5.41) is 9.07. The topological polar surface area (TPSA) is 79.5 Å². The molecule has 0 aliphatic carbocycles. The number of para-hydroxylation sites is 1. The molecule has 0 bridgehead atoms. The van der Waals surface area contributed by atoms with Gasteiger partial charge >= 0.3 is 0 Å². The minimum absolute atomic E-state index is 0.161. The van der Waals surface area contributed by atoms with Crippen LogP contribution in [-0.2, 0) is 4.79 Å². The molecule has 2 aliphatic rings. The molecule has 2 heterocycles. The molecule has 1 saturated heterocycles. The van der Waals surface area contributed by atoms with Crippen molar-refractivity contribution in [1.82, 2.24) is 10.6 Å². The first-order valence-electron chi connectivity index (χ1n) is 7.74. The highest BCUT2D eigenvalue weighted by Crippen LogP contribution is 2.33.